The maximum absolute atomic E-state index is 5.98. The molecule has 1 aliphatic rings. The molecule has 0 N–H and O–H groups in total. The van der Waals surface area contributed by atoms with Crippen LogP contribution < -0.4 is 10.3 Å². The van der Waals surface area contributed by atoms with Crippen molar-refractivity contribution < 1.29 is 14.0 Å². The third kappa shape index (κ3) is 2.02. The average Bonchev–Trinajstić information content (AvgIpc) is 2.47. The first kappa shape index (κ1) is 13.4. The van der Waals surface area contributed by atoms with Gasteiger partial charge in [-0.1, -0.05) is 0 Å². The van der Waals surface area contributed by atoms with E-state index in [-0.39, 0.29) is 11.2 Å². The van der Waals surface area contributed by atoms with Crippen LogP contribution in [-0.2, 0) is 9.31 Å². The van der Waals surface area contributed by atoms with E-state index in [2.05, 4.69) is 4.98 Å². The van der Waals surface area contributed by atoms with Crippen molar-refractivity contribution in [2.75, 3.05) is 7.11 Å². The van der Waals surface area contributed by atoms with E-state index in [9.17, 15) is 0 Å². The lowest BCUT2D eigenvalue weighted by atomic mass is 9.82. The lowest BCUT2D eigenvalue weighted by molar-refractivity contribution is 0.00578. The second-order valence-corrected chi connectivity index (χ2v) is 5.63. The van der Waals surface area contributed by atoms with Gasteiger partial charge >= 0.3 is 7.12 Å². The van der Waals surface area contributed by atoms with E-state index < -0.39 is 7.12 Å². The van der Waals surface area contributed by atoms with E-state index in [0.29, 0.717) is 5.59 Å². The maximum atomic E-state index is 5.98. The van der Waals surface area contributed by atoms with Crippen LogP contribution in [0.2, 0.25) is 0 Å². The highest BCUT2D eigenvalue weighted by Crippen LogP contribution is 2.37. The molecule has 0 radical (unpaired) electrons. The molecule has 0 amide bonds. The van der Waals surface area contributed by atoms with Crippen molar-refractivity contribution in [1.82, 2.24) is 4.98 Å². The van der Waals surface area contributed by atoms with Crippen LogP contribution in [0, 0.1) is 6.92 Å². The van der Waals surface area contributed by atoms with Crippen molar-refractivity contribution in [3.05, 3.63) is 17.8 Å². The number of methoxy groups -OCH3 is 1. The second kappa shape index (κ2) is 4.25. The van der Waals surface area contributed by atoms with Gasteiger partial charge in [0.1, 0.15) is 11.3 Å². The molecule has 0 atom stereocenters. The van der Waals surface area contributed by atoms with Gasteiger partial charge in [-0.25, -0.2) is 0 Å². The van der Waals surface area contributed by atoms with Gasteiger partial charge in [0, 0.05) is 6.20 Å². The summed E-state index contributed by atoms with van der Waals surface area (Å²) in [5, 5.41) is 0. The molecule has 0 spiro atoms. The highest BCUT2D eigenvalue weighted by molar-refractivity contribution is 6.62. The fourth-order valence-corrected chi connectivity index (χ4v) is 1.95. The minimum atomic E-state index is -0.482. The third-order valence-corrected chi connectivity index (χ3v) is 3.81. The van der Waals surface area contributed by atoms with Crippen LogP contribution in [-0.4, -0.2) is 30.4 Å². The van der Waals surface area contributed by atoms with Crippen molar-refractivity contribution in [3.63, 3.8) is 0 Å². The molecule has 0 bridgehead atoms. The van der Waals surface area contributed by atoms with E-state index in [1.165, 1.54) is 0 Å². The summed E-state index contributed by atoms with van der Waals surface area (Å²) in [5.41, 5.74) is 0.996. The van der Waals surface area contributed by atoms with E-state index in [1.54, 1.807) is 13.3 Å². The summed E-state index contributed by atoms with van der Waals surface area (Å²) >= 11 is 0. The van der Waals surface area contributed by atoms with Crippen LogP contribution in [0.4, 0.5) is 0 Å². The Bertz CT molecular complexity index is 444. The zero-order chi connectivity index (χ0) is 13.6. The van der Waals surface area contributed by atoms with Gasteiger partial charge in [-0.05, 0) is 46.2 Å². The van der Waals surface area contributed by atoms with E-state index in [1.807, 2.05) is 40.7 Å². The molecule has 2 rings (SSSR count). The van der Waals surface area contributed by atoms with Gasteiger partial charge in [0.15, 0.2) is 0 Å². The molecule has 1 saturated heterocycles. The minimum Gasteiger partial charge on any atom is -0.495 e. The Hall–Kier alpha value is -1.07. The molecular formula is C13H20BNO3. The Kier molecular flexibility index (Phi) is 3.15. The first-order valence-corrected chi connectivity index (χ1v) is 6.13. The van der Waals surface area contributed by atoms with Gasteiger partial charge in [-0.3, -0.25) is 4.98 Å². The zero-order valence-electron chi connectivity index (χ0n) is 11.9. The van der Waals surface area contributed by atoms with Gasteiger partial charge in [-0.2, -0.15) is 0 Å². The van der Waals surface area contributed by atoms with Crippen molar-refractivity contribution in [2.45, 2.75) is 45.8 Å². The molecule has 0 aliphatic carbocycles. The third-order valence-electron chi connectivity index (χ3n) is 3.81. The highest BCUT2D eigenvalue weighted by Gasteiger charge is 2.53. The molecule has 0 unspecified atom stereocenters. The molecule has 18 heavy (non-hydrogen) atoms. The molecule has 2 heterocycles. The van der Waals surface area contributed by atoms with Crippen LogP contribution in [0.1, 0.15) is 33.3 Å². The SMILES string of the molecule is COc1c(C)ccnc1B1OC(C)(C)C(C)(C)O1. The summed E-state index contributed by atoms with van der Waals surface area (Å²) in [5.74, 6) is 0.732. The standard InChI is InChI=1S/C13H20BNO3/c1-9-7-8-15-11(10(9)16-6)14-17-12(2,3)13(4,5)18-14/h7-8H,1-6H3. The Morgan fingerprint density at radius 2 is 1.72 bits per heavy atom. The van der Waals surface area contributed by atoms with E-state index in [0.717, 1.165) is 11.3 Å². The molecule has 1 fully saturated rings. The van der Waals surface area contributed by atoms with Gasteiger partial charge in [0.2, 0.25) is 0 Å². The lowest BCUT2D eigenvalue weighted by Crippen LogP contribution is -2.41. The number of hydrogen-bond acceptors (Lipinski definition) is 4. The fraction of sp³-hybridized carbons (Fsp3) is 0.615. The second-order valence-electron chi connectivity index (χ2n) is 5.63. The first-order chi connectivity index (χ1) is 8.28. The monoisotopic (exact) mass is 249 g/mol. The van der Waals surface area contributed by atoms with Crippen molar-refractivity contribution in [3.8, 4) is 5.75 Å². The Morgan fingerprint density at radius 1 is 1.17 bits per heavy atom. The summed E-state index contributed by atoms with van der Waals surface area (Å²) in [7, 11) is 1.16. The van der Waals surface area contributed by atoms with Crippen molar-refractivity contribution >= 4 is 12.7 Å². The van der Waals surface area contributed by atoms with Crippen molar-refractivity contribution in [2.24, 2.45) is 0 Å². The number of hydrogen-bond donors (Lipinski definition) is 0. The highest BCUT2D eigenvalue weighted by atomic mass is 16.7. The van der Waals surface area contributed by atoms with Crippen LogP contribution in [0.3, 0.4) is 0 Å². The summed E-state index contributed by atoms with van der Waals surface area (Å²) < 4.78 is 17.4. The number of aromatic nitrogens is 1. The van der Waals surface area contributed by atoms with Crippen LogP contribution in [0.25, 0.3) is 0 Å². The summed E-state index contributed by atoms with van der Waals surface area (Å²) in [6, 6.07) is 1.91. The van der Waals surface area contributed by atoms with Crippen molar-refractivity contribution in [1.29, 1.82) is 0 Å². The molecular weight excluding hydrogens is 229 g/mol. The zero-order valence-corrected chi connectivity index (χ0v) is 11.9. The summed E-state index contributed by atoms with van der Waals surface area (Å²) in [6.45, 7) is 10.1. The molecule has 1 aliphatic heterocycles. The van der Waals surface area contributed by atoms with Gasteiger partial charge in [0.25, 0.3) is 0 Å². The summed E-state index contributed by atoms with van der Waals surface area (Å²) in [6.07, 6.45) is 1.75. The fourth-order valence-electron chi connectivity index (χ4n) is 1.95. The normalized spacial score (nSPS) is 21.1. The minimum absolute atomic E-state index is 0.367. The predicted octanol–water partition coefficient (Wildman–Crippen LogP) is 1.70. The number of nitrogens with zero attached hydrogens (tertiary/aromatic N) is 1. The van der Waals surface area contributed by atoms with E-state index >= 15 is 0 Å². The number of aryl methyl sites for hydroxylation is 1. The van der Waals surface area contributed by atoms with Gasteiger partial charge in [-0.15, -0.1) is 0 Å². The largest absolute Gasteiger partial charge is 0.518 e. The molecule has 0 aromatic carbocycles. The molecule has 1 aromatic rings. The maximum Gasteiger partial charge on any atom is 0.518 e. The first-order valence-electron chi connectivity index (χ1n) is 6.13. The Morgan fingerprint density at radius 3 is 2.22 bits per heavy atom. The smallest absolute Gasteiger partial charge is 0.495 e. The number of pyridine rings is 1. The van der Waals surface area contributed by atoms with Crippen LogP contribution >= 0.6 is 0 Å². The molecule has 98 valence electrons. The summed E-state index contributed by atoms with van der Waals surface area (Å²) in [4.78, 5) is 4.35. The van der Waals surface area contributed by atoms with Crippen LogP contribution in [0.15, 0.2) is 12.3 Å². The van der Waals surface area contributed by atoms with E-state index in [4.69, 9.17) is 14.0 Å². The number of rotatable bonds is 2. The topological polar surface area (TPSA) is 40.6 Å². The Labute approximate surface area is 109 Å². The predicted molar refractivity (Wildman–Crippen MR) is 71.2 cm³/mol. The van der Waals surface area contributed by atoms with Gasteiger partial charge in [0.05, 0.1) is 18.3 Å². The average molecular weight is 249 g/mol. The number of ether oxygens (including phenoxy) is 1. The van der Waals surface area contributed by atoms with Gasteiger partial charge < -0.3 is 14.0 Å². The molecule has 0 saturated carbocycles. The van der Waals surface area contributed by atoms with Crippen LogP contribution in [0.5, 0.6) is 5.75 Å². The molecule has 4 nitrogen and oxygen atoms in total. The quantitative estimate of drug-likeness (QED) is 0.748. The molecule has 1 aromatic heterocycles. The Balaban J connectivity index is 2.38. The lowest BCUT2D eigenvalue weighted by Gasteiger charge is -2.32. The molecule has 5 heteroatoms.